The van der Waals surface area contributed by atoms with E-state index in [1.807, 2.05) is 0 Å². The minimum absolute atomic E-state index is 0. The van der Waals surface area contributed by atoms with Crippen LogP contribution < -0.4 is 5.32 Å². The van der Waals surface area contributed by atoms with E-state index in [0.29, 0.717) is 6.04 Å². The molecular formula is C19H32Cl2N2. The molecule has 0 amide bonds. The van der Waals surface area contributed by atoms with Gasteiger partial charge in [0.25, 0.3) is 0 Å². The summed E-state index contributed by atoms with van der Waals surface area (Å²) in [5, 5.41) is 3.51. The van der Waals surface area contributed by atoms with Gasteiger partial charge in [-0.25, -0.2) is 0 Å². The number of hydrogen-bond acceptors (Lipinski definition) is 2. The topological polar surface area (TPSA) is 15.3 Å². The highest BCUT2D eigenvalue weighted by Crippen LogP contribution is 2.40. The number of aryl methyl sites for hydroxylation is 1. The molecule has 0 bridgehead atoms. The van der Waals surface area contributed by atoms with E-state index in [4.69, 9.17) is 0 Å². The number of benzene rings is 1. The Kier molecular flexibility index (Phi) is 8.92. The Morgan fingerprint density at radius 1 is 1.00 bits per heavy atom. The Hall–Kier alpha value is -0.280. The molecule has 1 N–H and O–H groups in total. The number of halogens is 2. The molecule has 132 valence electrons. The minimum atomic E-state index is 0. The van der Waals surface area contributed by atoms with E-state index < -0.39 is 0 Å². The van der Waals surface area contributed by atoms with Crippen LogP contribution in [0.3, 0.4) is 0 Å². The number of nitrogens with one attached hydrogen (secondary N) is 1. The third-order valence-corrected chi connectivity index (χ3v) is 5.61. The molecule has 4 heteroatoms. The first kappa shape index (κ1) is 20.8. The van der Waals surface area contributed by atoms with E-state index in [0.717, 1.165) is 19.0 Å². The van der Waals surface area contributed by atoms with Gasteiger partial charge in [0.2, 0.25) is 0 Å². The van der Waals surface area contributed by atoms with Gasteiger partial charge in [0.05, 0.1) is 0 Å². The first-order valence-electron chi connectivity index (χ1n) is 8.78. The van der Waals surface area contributed by atoms with Crippen molar-refractivity contribution in [3.05, 3.63) is 34.9 Å². The van der Waals surface area contributed by atoms with E-state index in [1.54, 1.807) is 5.56 Å². The van der Waals surface area contributed by atoms with Gasteiger partial charge < -0.3 is 5.32 Å². The van der Waals surface area contributed by atoms with Gasteiger partial charge in [0.1, 0.15) is 0 Å². The van der Waals surface area contributed by atoms with Crippen LogP contribution in [-0.4, -0.2) is 31.1 Å². The third kappa shape index (κ3) is 4.85. The summed E-state index contributed by atoms with van der Waals surface area (Å²) in [4.78, 5) is 2.76. The summed E-state index contributed by atoms with van der Waals surface area (Å²) < 4.78 is 0. The molecule has 0 radical (unpaired) electrons. The van der Waals surface area contributed by atoms with E-state index in [9.17, 15) is 0 Å². The van der Waals surface area contributed by atoms with Gasteiger partial charge in [0, 0.05) is 32.2 Å². The van der Waals surface area contributed by atoms with Crippen LogP contribution in [0.15, 0.2) is 18.2 Å². The van der Waals surface area contributed by atoms with Crippen molar-refractivity contribution in [2.45, 2.75) is 52.0 Å². The summed E-state index contributed by atoms with van der Waals surface area (Å²) in [6, 6.07) is 7.56. The maximum absolute atomic E-state index is 3.51. The quantitative estimate of drug-likeness (QED) is 0.843. The van der Waals surface area contributed by atoms with Crippen LogP contribution in [-0.2, 0) is 0 Å². The normalized spacial score (nSPS) is 21.1. The second-order valence-corrected chi connectivity index (χ2v) is 6.92. The lowest BCUT2D eigenvalue weighted by molar-refractivity contribution is 0.103. The zero-order valence-corrected chi connectivity index (χ0v) is 16.1. The number of hydrogen-bond donors (Lipinski definition) is 1. The molecule has 3 rings (SSSR count). The summed E-state index contributed by atoms with van der Waals surface area (Å²) in [6.07, 6.45) is 7.14. The van der Waals surface area contributed by atoms with Gasteiger partial charge in [-0.3, -0.25) is 4.90 Å². The lowest BCUT2D eigenvalue weighted by Crippen LogP contribution is -2.47. The molecule has 2 nitrogen and oxygen atoms in total. The fraction of sp³-hybridized carbons (Fsp3) is 0.684. The van der Waals surface area contributed by atoms with Crippen LogP contribution in [0.5, 0.6) is 0 Å². The van der Waals surface area contributed by atoms with E-state index >= 15 is 0 Å². The SMILES string of the molecule is Cc1cccc([C@H](C2CCCCC2)N2CCNCC2)c1C.Cl.Cl. The van der Waals surface area contributed by atoms with Gasteiger partial charge in [-0.2, -0.15) is 0 Å². The Labute approximate surface area is 154 Å². The molecule has 23 heavy (non-hydrogen) atoms. The van der Waals surface area contributed by atoms with Gasteiger partial charge in [-0.1, -0.05) is 37.5 Å². The van der Waals surface area contributed by atoms with Crippen LogP contribution in [0.1, 0.15) is 54.8 Å². The van der Waals surface area contributed by atoms with Gasteiger partial charge in [0.15, 0.2) is 0 Å². The van der Waals surface area contributed by atoms with Crippen molar-refractivity contribution in [3.8, 4) is 0 Å². The molecule has 1 aromatic carbocycles. The first-order valence-corrected chi connectivity index (χ1v) is 8.78. The average Bonchev–Trinajstić information content (AvgIpc) is 2.54. The highest BCUT2D eigenvalue weighted by Gasteiger charge is 2.31. The molecule has 0 aromatic heterocycles. The minimum Gasteiger partial charge on any atom is -0.314 e. The molecule has 1 saturated heterocycles. The fourth-order valence-corrected chi connectivity index (χ4v) is 4.25. The van der Waals surface area contributed by atoms with Crippen LogP contribution in [0.25, 0.3) is 0 Å². The van der Waals surface area contributed by atoms with Crippen LogP contribution >= 0.6 is 24.8 Å². The maximum Gasteiger partial charge on any atom is 0.0380 e. The van der Waals surface area contributed by atoms with Crippen molar-refractivity contribution in [1.29, 1.82) is 0 Å². The van der Waals surface area contributed by atoms with Crippen LogP contribution in [0.2, 0.25) is 0 Å². The predicted molar refractivity (Wildman–Crippen MR) is 104 cm³/mol. The smallest absolute Gasteiger partial charge is 0.0380 e. The van der Waals surface area contributed by atoms with Crippen molar-refractivity contribution in [3.63, 3.8) is 0 Å². The third-order valence-electron chi connectivity index (χ3n) is 5.61. The van der Waals surface area contributed by atoms with Gasteiger partial charge in [-0.15, -0.1) is 24.8 Å². The van der Waals surface area contributed by atoms with Crippen molar-refractivity contribution in [1.82, 2.24) is 10.2 Å². The van der Waals surface area contributed by atoms with E-state index in [2.05, 4.69) is 42.3 Å². The molecule has 0 unspecified atom stereocenters. The number of nitrogens with zero attached hydrogens (tertiary/aromatic N) is 1. The average molecular weight is 359 g/mol. The second kappa shape index (κ2) is 9.88. The molecule has 1 aliphatic heterocycles. The predicted octanol–water partition coefficient (Wildman–Crippen LogP) is 4.67. The molecule has 1 saturated carbocycles. The largest absolute Gasteiger partial charge is 0.314 e. The summed E-state index contributed by atoms with van der Waals surface area (Å²) in [5.41, 5.74) is 4.57. The Morgan fingerprint density at radius 2 is 1.65 bits per heavy atom. The fourth-order valence-electron chi connectivity index (χ4n) is 4.25. The first-order chi connectivity index (χ1) is 10.3. The van der Waals surface area contributed by atoms with Crippen molar-refractivity contribution in [2.75, 3.05) is 26.2 Å². The van der Waals surface area contributed by atoms with E-state index in [1.165, 1.54) is 56.3 Å². The standard InChI is InChI=1S/C19H30N2.2ClH/c1-15-7-6-10-18(16(15)2)19(17-8-4-3-5-9-17)21-13-11-20-12-14-21;;/h6-7,10,17,19-20H,3-5,8-9,11-14H2,1-2H3;2*1H/t19-;;/m0../s1. The van der Waals surface area contributed by atoms with Crippen molar-refractivity contribution < 1.29 is 0 Å². The van der Waals surface area contributed by atoms with Crippen LogP contribution in [0, 0.1) is 19.8 Å². The zero-order chi connectivity index (χ0) is 14.7. The monoisotopic (exact) mass is 358 g/mol. The van der Waals surface area contributed by atoms with Crippen molar-refractivity contribution in [2.24, 2.45) is 5.92 Å². The van der Waals surface area contributed by atoms with Crippen molar-refractivity contribution >= 4 is 24.8 Å². The summed E-state index contributed by atoms with van der Waals surface area (Å²) in [5.74, 6) is 0.859. The zero-order valence-electron chi connectivity index (χ0n) is 14.5. The summed E-state index contributed by atoms with van der Waals surface area (Å²) in [7, 11) is 0. The molecule has 0 spiro atoms. The number of piperazine rings is 1. The molecular weight excluding hydrogens is 327 g/mol. The lowest BCUT2D eigenvalue weighted by Gasteiger charge is -2.42. The lowest BCUT2D eigenvalue weighted by atomic mass is 9.78. The highest BCUT2D eigenvalue weighted by molar-refractivity contribution is 5.85. The van der Waals surface area contributed by atoms with Gasteiger partial charge >= 0.3 is 0 Å². The van der Waals surface area contributed by atoms with Gasteiger partial charge in [-0.05, 0) is 49.3 Å². The summed E-state index contributed by atoms with van der Waals surface area (Å²) in [6.45, 7) is 9.28. The van der Waals surface area contributed by atoms with Crippen LogP contribution in [0.4, 0.5) is 0 Å². The molecule has 1 atom stereocenters. The molecule has 2 fully saturated rings. The Bertz CT molecular complexity index is 448. The second-order valence-electron chi connectivity index (χ2n) is 6.92. The number of rotatable bonds is 3. The Balaban J connectivity index is 0.00000132. The molecule has 1 aromatic rings. The summed E-state index contributed by atoms with van der Waals surface area (Å²) >= 11 is 0. The molecule has 1 heterocycles. The molecule has 1 aliphatic carbocycles. The molecule has 2 aliphatic rings. The maximum atomic E-state index is 3.51. The Morgan fingerprint density at radius 3 is 2.30 bits per heavy atom. The van der Waals surface area contributed by atoms with E-state index in [-0.39, 0.29) is 24.8 Å². The highest BCUT2D eigenvalue weighted by atomic mass is 35.5.